The lowest BCUT2D eigenvalue weighted by Gasteiger charge is -2.35. The summed E-state index contributed by atoms with van der Waals surface area (Å²) in [5.41, 5.74) is 11.8. The maximum Gasteiger partial charge on any atom is 0.180 e. The van der Waals surface area contributed by atoms with Crippen LogP contribution in [0.5, 0.6) is 0 Å². The maximum absolute atomic E-state index is 2.90. The Bertz CT molecular complexity index is 3440. The third-order valence-corrected chi connectivity index (χ3v) is 17.9. The van der Waals surface area contributed by atoms with Crippen LogP contribution in [0.3, 0.4) is 0 Å². The van der Waals surface area contributed by atoms with Crippen molar-refractivity contribution in [2.75, 3.05) is 0 Å². The predicted molar refractivity (Wildman–Crippen MR) is 270 cm³/mol. The number of rotatable bonds is 8. The predicted octanol–water partition coefficient (Wildman–Crippen LogP) is 12.6. The van der Waals surface area contributed by atoms with E-state index in [1.807, 2.05) is 0 Å². The lowest BCUT2D eigenvalue weighted by Crippen LogP contribution is -2.74. The Kier molecular flexibility index (Phi) is 8.87. The van der Waals surface area contributed by atoms with Crippen molar-refractivity contribution in [3.8, 4) is 33.6 Å². The number of hydrogen-bond acceptors (Lipinski definition) is 0. The van der Waals surface area contributed by atoms with E-state index in [-0.39, 0.29) is 0 Å². The van der Waals surface area contributed by atoms with Gasteiger partial charge < -0.3 is 9.13 Å². The van der Waals surface area contributed by atoms with Crippen molar-refractivity contribution in [3.63, 3.8) is 0 Å². The first-order chi connectivity index (χ1) is 31.3. The lowest BCUT2D eigenvalue weighted by molar-refractivity contribution is 1.17. The number of para-hydroxylation sites is 3. The fraction of sp³-hybridized carbons (Fsp3) is 0. The Morgan fingerprint density at radius 1 is 0.270 bits per heavy atom. The van der Waals surface area contributed by atoms with Gasteiger partial charge in [-0.15, -0.1) is 0 Å². The average molecular weight is 819 g/mol. The van der Waals surface area contributed by atoms with Gasteiger partial charge in [-0.3, -0.25) is 0 Å². The fourth-order valence-corrected chi connectivity index (χ4v) is 15.5. The second kappa shape index (κ2) is 15.2. The summed E-state index contributed by atoms with van der Waals surface area (Å²) in [6, 6.07) is 94.2. The molecular formula is C60H42N2Si. The summed E-state index contributed by atoms with van der Waals surface area (Å²) in [5, 5.41) is 10.5. The molecule has 0 unspecified atom stereocenters. The van der Waals surface area contributed by atoms with Crippen LogP contribution in [0.25, 0.3) is 77.2 Å². The van der Waals surface area contributed by atoms with Crippen LogP contribution in [0.2, 0.25) is 0 Å². The van der Waals surface area contributed by atoms with Crippen LogP contribution in [-0.2, 0) is 0 Å². The van der Waals surface area contributed by atoms with E-state index in [2.05, 4.69) is 264 Å². The molecule has 12 aromatic rings. The standard InChI is InChI=1S/C60H42N2Si/c1-6-23-43(24-7-1)48-35-20-36-49(44-25-8-2-9-26-44)60(48)62-53-38-19-16-33-50(53)58-54(39-21-40-55(58)62)61-52-37-18-17-34-51(52)59-56(61)41-22-42-57(59)63(45-27-10-3-11-28-45,46-29-12-4-13-30-46)47-31-14-5-15-32-47/h1-42H. The molecule has 0 saturated carbocycles. The monoisotopic (exact) mass is 818 g/mol. The molecule has 0 spiro atoms. The largest absolute Gasteiger partial charge is 0.309 e. The quantitative estimate of drug-likeness (QED) is 0.107. The van der Waals surface area contributed by atoms with Crippen LogP contribution in [0, 0.1) is 0 Å². The first kappa shape index (κ1) is 36.8. The molecule has 10 aromatic carbocycles. The Hall–Kier alpha value is -7.98. The second-order valence-electron chi connectivity index (χ2n) is 16.4. The molecule has 296 valence electrons. The van der Waals surface area contributed by atoms with Crippen molar-refractivity contribution >= 4 is 72.4 Å². The smallest absolute Gasteiger partial charge is 0.180 e. The number of fused-ring (bicyclic) bond motifs is 6. The Balaban J connectivity index is 1.21. The topological polar surface area (TPSA) is 9.86 Å². The van der Waals surface area contributed by atoms with E-state index in [9.17, 15) is 0 Å². The third kappa shape index (κ3) is 5.71. The Morgan fingerprint density at radius 2 is 0.651 bits per heavy atom. The van der Waals surface area contributed by atoms with Crippen molar-refractivity contribution in [2.24, 2.45) is 0 Å². The molecule has 0 atom stereocenters. The molecule has 63 heavy (non-hydrogen) atoms. The summed E-state index contributed by atoms with van der Waals surface area (Å²) < 4.78 is 5.07. The molecule has 12 rings (SSSR count). The van der Waals surface area contributed by atoms with Gasteiger partial charge in [-0.1, -0.05) is 224 Å². The van der Waals surface area contributed by atoms with Crippen molar-refractivity contribution in [1.29, 1.82) is 0 Å². The van der Waals surface area contributed by atoms with Gasteiger partial charge in [-0.05, 0) is 62.2 Å². The highest BCUT2D eigenvalue weighted by atomic mass is 28.3. The molecule has 2 aromatic heterocycles. The van der Waals surface area contributed by atoms with Crippen LogP contribution in [0.1, 0.15) is 0 Å². The van der Waals surface area contributed by atoms with Crippen molar-refractivity contribution in [1.82, 2.24) is 9.13 Å². The van der Waals surface area contributed by atoms with Gasteiger partial charge in [0.2, 0.25) is 0 Å². The summed E-state index contributed by atoms with van der Waals surface area (Å²) in [6.07, 6.45) is 0. The molecule has 0 amide bonds. The molecule has 0 saturated heterocycles. The zero-order chi connectivity index (χ0) is 41.7. The van der Waals surface area contributed by atoms with Gasteiger partial charge in [-0.2, -0.15) is 0 Å². The maximum atomic E-state index is 2.55. The van der Waals surface area contributed by atoms with Gasteiger partial charge in [0.25, 0.3) is 0 Å². The van der Waals surface area contributed by atoms with Crippen LogP contribution in [-0.4, -0.2) is 17.2 Å². The first-order valence-electron chi connectivity index (χ1n) is 21.8. The van der Waals surface area contributed by atoms with Crippen molar-refractivity contribution in [3.05, 3.63) is 255 Å². The third-order valence-electron chi connectivity index (χ3n) is 13.1. The van der Waals surface area contributed by atoms with E-state index in [1.165, 1.54) is 86.8 Å². The normalized spacial score (nSPS) is 11.8. The molecule has 0 N–H and O–H groups in total. The van der Waals surface area contributed by atoms with Gasteiger partial charge in [0, 0.05) is 32.7 Å². The minimum absolute atomic E-state index is 1.16. The van der Waals surface area contributed by atoms with E-state index in [4.69, 9.17) is 0 Å². The minimum atomic E-state index is -2.90. The number of hydrogen-bond donors (Lipinski definition) is 0. The molecule has 3 heteroatoms. The van der Waals surface area contributed by atoms with Crippen LogP contribution in [0.4, 0.5) is 0 Å². The van der Waals surface area contributed by atoms with Crippen LogP contribution in [0.15, 0.2) is 255 Å². The summed E-state index contributed by atoms with van der Waals surface area (Å²) >= 11 is 0. The SMILES string of the molecule is c1ccc(-c2cccc(-c3ccccc3)c2-n2c3ccccc3c3c(-n4c5ccccc5c5c([Si](c6ccccc6)(c6ccccc6)c6ccccc6)cccc54)cccc32)cc1. The molecule has 0 bridgehead atoms. The summed E-state index contributed by atoms with van der Waals surface area (Å²) in [7, 11) is -2.90. The van der Waals surface area contributed by atoms with Crippen LogP contribution >= 0.6 is 0 Å². The molecule has 0 radical (unpaired) electrons. The molecule has 0 aliphatic carbocycles. The van der Waals surface area contributed by atoms with Gasteiger partial charge in [0.15, 0.2) is 8.07 Å². The molecule has 0 fully saturated rings. The van der Waals surface area contributed by atoms with E-state index in [0.29, 0.717) is 0 Å². The molecule has 2 heterocycles. The van der Waals surface area contributed by atoms with E-state index < -0.39 is 8.07 Å². The molecule has 0 aliphatic rings. The number of aromatic nitrogens is 2. The van der Waals surface area contributed by atoms with Crippen molar-refractivity contribution in [2.45, 2.75) is 0 Å². The van der Waals surface area contributed by atoms with Gasteiger partial charge in [0.1, 0.15) is 0 Å². The highest BCUT2D eigenvalue weighted by molar-refractivity contribution is 7.20. The summed E-state index contributed by atoms with van der Waals surface area (Å²) in [6.45, 7) is 0. The minimum Gasteiger partial charge on any atom is -0.309 e. The lowest BCUT2D eigenvalue weighted by atomic mass is 9.95. The average Bonchev–Trinajstić information content (AvgIpc) is 3.89. The van der Waals surface area contributed by atoms with Gasteiger partial charge in [0.05, 0.1) is 33.4 Å². The second-order valence-corrected chi connectivity index (χ2v) is 20.1. The Labute approximate surface area is 368 Å². The van der Waals surface area contributed by atoms with Crippen LogP contribution < -0.4 is 20.7 Å². The molecule has 0 aliphatic heterocycles. The zero-order valence-electron chi connectivity index (χ0n) is 34.6. The molecular weight excluding hydrogens is 777 g/mol. The van der Waals surface area contributed by atoms with E-state index in [1.54, 1.807) is 0 Å². The van der Waals surface area contributed by atoms with Gasteiger partial charge >= 0.3 is 0 Å². The summed E-state index contributed by atoms with van der Waals surface area (Å²) in [4.78, 5) is 0. The zero-order valence-corrected chi connectivity index (χ0v) is 35.6. The first-order valence-corrected chi connectivity index (χ1v) is 23.8. The highest BCUT2D eigenvalue weighted by Gasteiger charge is 2.43. The van der Waals surface area contributed by atoms with E-state index in [0.717, 1.165) is 11.2 Å². The fourth-order valence-electron chi connectivity index (χ4n) is 10.5. The van der Waals surface area contributed by atoms with E-state index >= 15 is 0 Å². The number of nitrogens with zero attached hydrogens (tertiary/aromatic N) is 2. The Morgan fingerprint density at radius 3 is 1.17 bits per heavy atom. The van der Waals surface area contributed by atoms with Crippen molar-refractivity contribution < 1.29 is 0 Å². The summed E-state index contributed by atoms with van der Waals surface area (Å²) in [5.74, 6) is 0. The number of benzene rings is 10. The van der Waals surface area contributed by atoms with Gasteiger partial charge in [-0.25, -0.2) is 0 Å². The molecule has 2 nitrogen and oxygen atoms in total. The highest BCUT2D eigenvalue weighted by Crippen LogP contribution is 2.44.